The smallest absolute Gasteiger partial charge is 0.160 e. The molecule has 0 radical (unpaired) electrons. The molecular formula is C55H38N2. The highest BCUT2D eigenvalue weighted by atomic mass is 14.9. The summed E-state index contributed by atoms with van der Waals surface area (Å²) >= 11 is 0. The number of benzene rings is 9. The van der Waals surface area contributed by atoms with Crippen LogP contribution in [-0.4, -0.2) is 9.97 Å². The molecule has 0 N–H and O–H groups in total. The minimum atomic E-state index is -0.109. The van der Waals surface area contributed by atoms with Gasteiger partial charge in [0.2, 0.25) is 0 Å². The lowest BCUT2D eigenvalue weighted by Crippen LogP contribution is -2.14. The Kier molecular flexibility index (Phi) is 7.55. The standard InChI is InChI=1S/C55H38N2/c1-55(2)49-19-11-10-18-45(49)46-30-29-42(33-50(46)55)52-34-51(38-22-20-36(21-23-38)35-12-4-3-5-13-35)56-54(57-52)40-26-24-39(25-27-40)53-44-17-9-7-15-41(44)32-48-43-16-8-6-14-37(43)28-31-47(48)53/h3-34H,1-2H3. The maximum absolute atomic E-state index is 5.31. The first kappa shape index (κ1) is 33.2. The van der Waals surface area contributed by atoms with E-state index in [1.54, 1.807) is 0 Å². The Morgan fingerprint density at radius 2 is 0.912 bits per heavy atom. The normalized spacial score (nSPS) is 12.9. The van der Waals surface area contributed by atoms with Crippen LogP contribution in [0.3, 0.4) is 0 Å². The van der Waals surface area contributed by atoms with E-state index < -0.39 is 0 Å². The molecule has 9 aromatic carbocycles. The van der Waals surface area contributed by atoms with Gasteiger partial charge in [-0.05, 0) is 95.0 Å². The highest BCUT2D eigenvalue weighted by molar-refractivity contribution is 6.20. The Balaban J connectivity index is 1.05. The fourth-order valence-corrected chi connectivity index (χ4v) is 9.12. The molecule has 0 unspecified atom stereocenters. The number of hydrogen-bond donors (Lipinski definition) is 0. The summed E-state index contributed by atoms with van der Waals surface area (Å²) in [4.78, 5) is 10.6. The lowest BCUT2D eigenvalue weighted by atomic mass is 9.82. The highest BCUT2D eigenvalue weighted by Crippen LogP contribution is 2.49. The van der Waals surface area contributed by atoms with Gasteiger partial charge in [-0.15, -0.1) is 0 Å². The van der Waals surface area contributed by atoms with Gasteiger partial charge in [0.1, 0.15) is 0 Å². The van der Waals surface area contributed by atoms with Gasteiger partial charge in [-0.2, -0.15) is 0 Å². The number of fused-ring (bicyclic) bond motifs is 7. The summed E-state index contributed by atoms with van der Waals surface area (Å²) < 4.78 is 0. The molecule has 1 aliphatic rings. The molecule has 0 saturated carbocycles. The molecule has 1 heterocycles. The first-order valence-corrected chi connectivity index (χ1v) is 19.7. The number of nitrogens with zero attached hydrogens (tertiary/aromatic N) is 2. The predicted molar refractivity (Wildman–Crippen MR) is 239 cm³/mol. The Labute approximate surface area is 332 Å². The average molecular weight is 727 g/mol. The molecule has 0 saturated heterocycles. The van der Waals surface area contributed by atoms with Crippen molar-refractivity contribution in [1.82, 2.24) is 9.97 Å². The minimum Gasteiger partial charge on any atom is -0.228 e. The van der Waals surface area contributed by atoms with E-state index in [0.29, 0.717) is 5.82 Å². The van der Waals surface area contributed by atoms with Crippen molar-refractivity contribution in [3.05, 3.63) is 205 Å². The number of rotatable bonds is 5. The zero-order valence-electron chi connectivity index (χ0n) is 31.9. The maximum atomic E-state index is 5.31. The van der Waals surface area contributed by atoms with Crippen molar-refractivity contribution in [1.29, 1.82) is 0 Å². The van der Waals surface area contributed by atoms with E-state index in [9.17, 15) is 0 Å². The van der Waals surface area contributed by atoms with Crippen LogP contribution in [-0.2, 0) is 5.41 Å². The Morgan fingerprint density at radius 3 is 1.72 bits per heavy atom. The van der Waals surface area contributed by atoms with Crippen LogP contribution in [0.25, 0.3) is 99.6 Å². The number of hydrogen-bond acceptors (Lipinski definition) is 2. The Hall–Kier alpha value is -7.16. The molecule has 0 amide bonds. The molecule has 0 aliphatic heterocycles. The van der Waals surface area contributed by atoms with E-state index in [1.165, 1.54) is 76.8 Å². The molecule has 0 fully saturated rings. The second kappa shape index (κ2) is 13.0. The van der Waals surface area contributed by atoms with Crippen LogP contribution in [0.4, 0.5) is 0 Å². The molecule has 2 heteroatoms. The van der Waals surface area contributed by atoms with Gasteiger partial charge in [-0.1, -0.05) is 190 Å². The van der Waals surface area contributed by atoms with Gasteiger partial charge in [0.05, 0.1) is 11.4 Å². The summed E-state index contributed by atoms with van der Waals surface area (Å²) in [5.74, 6) is 0.706. The zero-order chi connectivity index (χ0) is 38.1. The van der Waals surface area contributed by atoms with Crippen molar-refractivity contribution in [3.63, 3.8) is 0 Å². The van der Waals surface area contributed by atoms with Crippen LogP contribution in [0.15, 0.2) is 194 Å². The summed E-state index contributed by atoms with van der Waals surface area (Å²) in [6.07, 6.45) is 0. The van der Waals surface area contributed by atoms with Crippen molar-refractivity contribution in [2.24, 2.45) is 0 Å². The maximum Gasteiger partial charge on any atom is 0.160 e. The largest absolute Gasteiger partial charge is 0.228 e. The molecule has 10 aromatic rings. The van der Waals surface area contributed by atoms with E-state index in [4.69, 9.17) is 9.97 Å². The van der Waals surface area contributed by atoms with E-state index in [0.717, 1.165) is 28.1 Å². The molecule has 1 aromatic heterocycles. The topological polar surface area (TPSA) is 25.8 Å². The quantitative estimate of drug-likeness (QED) is 0.130. The minimum absolute atomic E-state index is 0.109. The summed E-state index contributed by atoms with van der Waals surface area (Å²) in [6, 6.07) is 70.2. The third-order valence-corrected chi connectivity index (χ3v) is 12.1. The second-order valence-electron chi connectivity index (χ2n) is 15.8. The molecule has 0 atom stereocenters. The third kappa shape index (κ3) is 5.48. The molecular weight excluding hydrogens is 689 g/mol. The van der Waals surface area contributed by atoms with E-state index in [2.05, 4.69) is 208 Å². The second-order valence-corrected chi connectivity index (χ2v) is 15.8. The Morgan fingerprint density at radius 1 is 0.333 bits per heavy atom. The van der Waals surface area contributed by atoms with Gasteiger partial charge in [-0.3, -0.25) is 0 Å². The lowest BCUT2D eigenvalue weighted by Gasteiger charge is -2.22. The molecule has 1 aliphatic carbocycles. The van der Waals surface area contributed by atoms with Crippen molar-refractivity contribution in [3.8, 4) is 67.3 Å². The first-order valence-electron chi connectivity index (χ1n) is 19.7. The summed E-state index contributed by atoms with van der Waals surface area (Å²) in [5, 5.41) is 7.52. The van der Waals surface area contributed by atoms with Crippen LogP contribution < -0.4 is 0 Å². The number of aromatic nitrogens is 2. The lowest BCUT2D eigenvalue weighted by molar-refractivity contribution is 0.660. The van der Waals surface area contributed by atoms with Crippen molar-refractivity contribution < 1.29 is 0 Å². The van der Waals surface area contributed by atoms with Gasteiger partial charge >= 0.3 is 0 Å². The van der Waals surface area contributed by atoms with Crippen LogP contribution >= 0.6 is 0 Å². The van der Waals surface area contributed by atoms with Crippen LogP contribution in [0.1, 0.15) is 25.0 Å². The van der Waals surface area contributed by atoms with Gasteiger partial charge < -0.3 is 0 Å². The zero-order valence-corrected chi connectivity index (χ0v) is 31.9. The molecule has 11 rings (SSSR count). The van der Waals surface area contributed by atoms with Crippen molar-refractivity contribution >= 4 is 32.3 Å². The monoisotopic (exact) mass is 726 g/mol. The van der Waals surface area contributed by atoms with Crippen molar-refractivity contribution in [2.75, 3.05) is 0 Å². The predicted octanol–water partition coefficient (Wildman–Crippen LogP) is 14.6. The fraction of sp³-hybridized carbons (Fsp3) is 0.0545. The van der Waals surface area contributed by atoms with Crippen LogP contribution in [0, 0.1) is 0 Å². The molecule has 2 nitrogen and oxygen atoms in total. The summed E-state index contributed by atoms with van der Waals surface area (Å²) in [5.41, 5.74) is 14.9. The van der Waals surface area contributed by atoms with Crippen LogP contribution in [0.2, 0.25) is 0 Å². The molecule has 0 bridgehead atoms. The van der Waals surface area contributed by atoms with E-state index in [1.807, 2.05) is 0 Å². The van der Waals surface area contributed by atoms with Gasteiger partial charge in [0.25, 0.3) is 0 Å². The summed E-state index contributed by atoms with van der Waals surface area (Å²) in [6.45, 7) is 4.66. The van der Waals surface area contributed by atoms with E-state index >= 15 is 0 Å². The van der Waals surface area contributed by atoms with Gasteiger partial charge in [-0.25, -0.2) is 9.97 Å². The highest BCUT2D eigenvalue weighted by Gasteiger charge is 2.35. The Bertz CT molecular complexity index is 3180. The third-order valence-electron chi connectivity index (χ3n) is 12.1. The van der Waals surface area contributed by atoms with Gasteiger partial charge in [0.15, 0.2) is 5.82 Å². The first-order chi connectivity index (χ1) is 28.0. The average Bonchev–Trinajstić information content (AvgIpc) is 3.51. The summed E-state index contributed by atoms with van der Waals surface area (Å²) in [7, 11) is 0. The molecule has 57 heavy (non-hydrogen) atoms. The van der Waals surface area contributed by atoms with E-state index in [-0.39, 0.29) is 5.41 Å². The fourth-order valence-electron chi connectivity index (χ4n) is 9.12. The van der Waals surface area contributed by atoms with Crippen LogP contribution in [0.5, 0.6) is 0 Å². The van der Waals surface area contributed by atoms with Gasteiger partial charge in [0, 0.05) is 22.1 Å². The van der Waals surface area contributed by atoms with Crippen molar-refractivity contribution in [2.45, 2.75) is 19.3 Å². The molecule has 268 valence electrons. The molecule has 0 spiro atoms. The SMILES string of the molecule is CC1(C)c2ccccc2-c2ccc(-c3cc(-c4ccc(-c5ccccc5)cc4)nc(-c4ccc(-c5c6ccccc6cc6c5ccc5ccccc56)cc4)n3)cc21.